The molecular formula is C42H24N2O2. The summed E-state index contributed by atoms with van der Waals surface area (Å²) in [6, 6.07) is 50.2. The lowest BCUT2D eigenvalue weighted by Crippen LogP contribution is -1.95. The summed E-state index contributed by atoms with van der Waals surface area (Å²) >= 11 is 0. The lowest BCUT2D eigenvalue weighted by Gasteiger charge is -2.11. The molecule has 10 rings (SSSR count). The predicted octanol–water partition coefficient (Wildman–Crippen LogP) is 11.6. The third-order valence-corrected chi connectivity index (χ3v) is 9.09. The summed E-state index contributed by atoms with van der Waals surface area (Å²) in [4.78, 5) is 10.5. The highest BCUT2D eigenvalue weighted by Gasteiger charge is 2.22. The van der Waals surface area contributed by atoms with Gasteiger partial charge in [0, 0.05) is 32.7 Å². The highest BCUT2D eigenvalue weighted by Crippen LogP contribution is 2.44. The van der Waals surface area contributed by atoms with E-state index in [2.05, 4.69) is 109 Å². The largest absolute Gasteiger partial charge is 0.455 e. The third kappa shape index (κ3) is 3.61. The van der Waals surface area contributed by atoms with Crippen molar-refractivity contribution in [2.24, 2.45) is 0 Å². The first-order chi connectivity index (χ1) is 22.8. The highest BCUT2D eigenvalue weighted by molar-refractivity contribution is 6.23. The molecule has 4 heteroatoms. The van der Waals surface area contributed by atoms with E-state index in [0.717, 1.165) is 71.6 Å². The molecule has 3 heterocycles. The number of hydrogen-bond donors (Lipinski definition) is 0. The first kappa shape index (κ1) is 25.1. The van der Waals surface area contributed by atoms with E-state index in [1.54, 1.807) is 0 Å². The number of hydrogen-bond acceptors (Lipinski definition) is 4. The summed E-state index contributed by atoms with van der Waals surface area (Å²) < 4.78 is 13.1. The van der Waals surface area contributed by atoms with Gasteiger partial charge in [0.2, 0.25) is 0 Å². The molecule has 0 saturated heterocycles. The van der Waals surface area contributed by atoms with Gasteiger partial charge in [-0.25, -0.2) is 9.97 Å². The van der Waals surface area contributed by atoms with Crippen LogP contribution in [0.25, 0.3) is 99.3 Å². The molecule has 0 spiro atoms. The van der Waals surface area contributed by atoms with Crippen LogP contribution >= 0.6 is 0 Å². The molecule has 0 bridgehead atoms. The molecular weight excluding hydrogens is 564 g/mol. The van der Waals surface area contributed by atoms with Crippen LogP contribution in [0.15, 0.2) is 154 Å². The normalized spacial score (nSPS) is 11.9. The molecule has 10 aromatic rings. The fourth-order valence-corrected chi connectivity index (χ4v) is 7.02. The van der Waals surface area contributed by atoms with E-state index in [0.29, 0.717) is 11.4 Å². The van der Waals surface area contributed by atoms with E-state index in [9.17, 15) is 0 Å². The first-order valence-electron chi connectivity index (χ1n) is 15.4. The molecule has 0 aliphatic heterocycles. The third-order valence-electron chi connectivity index (χ3n) is 9.09. The van der Waals surface area contributed by atoms with Crippen LogP contribution < -0.4 is 0 Å². The van der Waals surface area contributed by atoms with Crippen LogP contribution in [0.4, 0.5) is 0 Å². The quantitative estimate of drug-likeness (QED) is 0.206. The Hall–Kier alpha value is -6.26. The number of rotatable bonds is 3. The predicted molar refractivity (Wildman–Crippen MR) is 188 cm³/mol. The summed E-state index contributed by atoms with van der Waals surface area (Å²) in [5.74, 6) is 0.646. The molecule has 7 aromatic carbocycles. The van der Waals surface area contributed by atoms with Gasteiger partial charge in [0.05, 0.1) is 0 Å². The van der Waals surface area contributed by atoms with Crippen LogP contribution in [0.5, 0.6) is 0 Å². The zero-order chi connectivity index (χ0) is 30.2. The Labute approximate surface area is 263 Å². The molecule has 0 radical (unpaired) electrons. The standard InChI is InChI=1S/C42H24N2O2/c1-2-13-26(14-3-1)38-41-39(32-19-8-9-22-35(32)45-41)44-42(43-38)33-24-34-37-30(28-20-10-15-25-12-4-5-16-27(25)28)21-11-23-36(37)46-40(34)31-18-7-6-17-29(31)33/h1-24H. The van der Waals surface area contributed by atoms with Crippen molar-refractivity contribution < 1.29 is 8.83 Å². The number of fused-ring (bicyclic) bond motifs is 9. The minimum atomic E-state index is 0.646. The van der Waals surface area contributed by atoms with Crippen molar-refractivity contribution in [3.8, 4) is 33.8 Å². The Morgan fingerprint density at radius 3 is 1.96 bits per heavy atom. The summed E-state index contributed by atoms with van der Waals surface area (Å²) in [6.07, 6.45) is 0. The van der Waals surface area contributed by atoms with Crippen LogP contribution in [0.3, 0.4) is 0 Å². The average Bonchev–Trinajstić information content (AvgIpc) is 3.70. The molecule has 0 unspecified atom stereocenters. The molecule has 0 atom stereocenters. The summed E-state index contributed by atoms with van der Waals surface area (Å²) in [5.41, 5.74) is 9.01. The Bertz CT molecular complexity index is 2800. The average molecular weight is 589 g/mol. The second-order valence-corrected chi connectivity index (χ2v) is 11.7. The van der Waals surface area contributed by atoms with E-state index in [1.807, 2.05) is 36.4 Å². The molecule has 46 heavy (non-hydrogen) atoms. The van der Waals surface area contributed by atoms with Crippen LogP contribution in [-0.2, 0) is 0 Å². The Morgan fingerprint density at radius 1 is 0.413 bits per heavy atom. The fraction of sp³-hybridized carbons (Fsp3) is 0. The van der Waals surface area contributed by atoms with E-state index in [1.165, 1.54) is 16.3 Å². The summed E-state index contributed by atoms with van der Waals surface area (Å²) in [5, 5.41) is 7.56. The van der Waals surface area contributed by atoms with Crippen LogP contribution in [0.1, 0.15) is 0 Å². The van der Waals surface area contributed by atoms with Gasteiger partial charge in [0.15, 0.2) is 11.4 Å². The SMILES string of the molecule is c1ccc(-c2nc(-c3cc4c(oc5cccc(-c6cccc7ccccc67)c54)c4ccccc34)nc3c2oc2ccccc23)cc1. The van der Waals surface area contributed by atoms with Gasteiger partial charge in [0.25, 0.3) is 0 Å². The second kappa shape index (κ2) is 9.62. The number of furan rings is 2. The highest BCUT2D eigenvalue weighted by atomic mass is 16.3. The van der Waals surface area contributed by atoms with Crippen LogP contribution in [0.2, 0.25) is 0 Å². The van der Waals surface area contributed by atoms with Gasteiger partial charge in [-0.05, 0) is 51.6 Å². The molecule has 3 aromatic heterocycles. The van der Waals surface area contributed by atoms with Crippen LogP contribution in [-0.4, -0.2) is 9.97 Å². The maximum Gasteiger partial charge on any atom is 0.180 e. The Balaban J connectivity index is 1.33. The van der Waals surface area contributed by atoms with Crippen molar-refractivity contribution in [3.05, 3.63) is 146 Å². The van der Waals surface area contributed by atoms with E-state index in [4.69, 9.17) is 18.8 Å². The zero-order valence-electron chi connectivity index (χ0n) is 24.6. The van der Waals surface area contributed by atoms with E-state index >= 15 is 0 Å². The van der Waals surface area contributed by atoms with E-state index < -0.39 is 0 Å². The number of para-hydroxylation sites is 1. The maximum atomic E-state index is 6.68. The van der Waals surface area contributed by atoms with E-state index in [-0.39, 0.29) is 0 Å². The van der Waals surface area contributed by atoms with Gasteiger partial charge < -0.3 is 8.83 Å². The van der Waals surface area contributed by atoms with Crippen molar-refractivity contribution in [2.75, 3.05) is 0 Å². The Kier molecular flexibility index (Phi) is 5.25. The molecule has 0 fully saturated rings. The molecule has 0 amide bonds. The minimum Gasteiger partial charge on any atom is -0.455 e. The molecule has 0 saturated carbocycles. The van der Waals surface area contributed by atoms with Gasteiger partial charge in [-0.15, -0.1) is 0 Å². The van der Waals surface area contributed by atoms with Gasteiger partial charge in [-0.2, -0.15) is 0 Å². The van der Waals surface area contributed by atoms with Gasteiger partial charge in [-0.3, -0.25) is 0 Å². The summed E-state index contributed by atoms with van der Waals surface area (Å²) in [6.45, 7) is 0. The van der Waals surface area contributed by atoms with Crippen LogP contribution in [0, 0.1) is 0 Å². The van der Waals surface area contributed by atoms with Gasteiger partial charge in [-0.1, -0.05) is 121 Å². The van der Waals surface area contributed by atoms with Gasteiger partial charge in [0.1, 0.15) is 28.0 Å². The molecule has 4 nitrogen and oxygen atoms in total. The molecule has 0 N–H and O–H groups in total. The lowest BCUT2D eigenvalue weighted by atomic mass is 9.93. The fourth-order valence-electron chi connectivity index (χ4n) is 7.02. The molecule has 214 valence electrons. The second-order valence-electron chi connectivity index (χ2n) is 11.7. The number of nitrogens with zero attached hydrogens (tertiary/aromatic N) is 2. The van der Waals surface area contributed by atoms with Crippen molar-refractivity contribution >= 4 is 65.6 Å². The smallest absolute Gasteiger partial charge is 0.180 e. The van der Waals surface area contributed by atoms with Crippen molar-refractivity contribution in [1.82, 2.24) is 9.97 Å². The minimum absolute atomic E-state index is 0.646. The number of benzene rings is 7. The lowest BCUT2D eigenvalue weighted by molar-refractivity contribution is 0.667. The first-order valence-corrected chi connectivity index (χ1v) is 15.4. The summed E-state index contributed by atoms with van der Waals surface area (Å²) in [7, 11) is 0. The van der Waals surface area contributed by atoms with Crippen molar-refractivity contribution in [2.45, 2.75) is 0 Å². The van der Waals surface area contributed by atoms with Gasteiger partial charge >= 0.3 is 0 Å². The molecule has 0 aliphatic rings. The zero-order valence-corrected chi connectivity index (χ0v) is 24.6. The molecule has 0 aliphatic carbocycles. The Morgan fingerprint density at radius 2 is 1.07 bits per heavy atom. The topological polar surface area (TPSA) is 52.1 Å². The van der Waals surface area contributed by atoms with Crippen molar-refractivity contribution in [3.63, 3.8) is 0 Å². The number of aromatic nitrogens is 2. The monoisotopic (exact) mass is 588 g/mol. The van der Waals surface area contributed by atoms with Crippen molar-refractivity contribution in [1.29, 1.82) is 0 Å². The maximum absolute atomic E-state index is 6.68.